The standard InChI is InChI=1S/C18H21N5O4/c1-9-4-3-5-11(10(9)2)22-16-13-17(20-7-19-16)23(8-21-13)18-15(26)14(25)12(6-24)27-18/h3-5,7-8,12,14-15,18,24-26H,6H2,1-2H3,(H,19,20,22)/t12-,14-,15-,18?/m1/s1. The molecule has 1 fully saturated rings. The highest BCUT2D eigenvalue weighted by Crippen LogP contribution is 2.32. The zero-order chi connectivity index (χ0) is 19.1. The number of aliphatic hydroxyl groups excluding tert-OH is 3. The first-order chi connectivity index (χ1) is 13.0. The van der Waals surface area contributed by atoms with Crippen molar-refractivity contribution >= 4 is 22.7 Å². The molecule has 0 bridgehead atoms. The lowest BCUT2D eigenvalue weighted by atomic mass is 10.1. The molecule has 1 unspecified atom stereocenters. The van der Waals surface area contributed by atoms with Gasteiger partial charge in [0.25, 0.3) is 0 Å². The fourth-order valence-electron chi connectivity index (χ4n) is 3.25. The summed E-state index contributed by atoms with van der Waals surface area (Å²) in [5, 5.41) is 32.8. The number of benzene rings is 1. The lowest BCUT2D eigenvalue weighted by Crippen LogP contribution is -2.33. The van der Waals surface area contributed by atoms with Gasteiger partial charge >= 0.3 is 0 Å². The van der Waals surface area contributed by atoms with Crippen molar-refractivity contribution in [3.63, 3.8) is 0 Å². The first-order valence-corrected chi connectivity index (χ1v) is 8.64. The first-order valence-electron chi connectivity index (χ1n) is 8.64. The van der Waals surface area contributed by atoms with E-state index in [1.54, 1.807) is 0 Å². The number of hydrogen-bond donors (Lipinski definition) is 4. The lowest BCUT2D eigenvalue weighted by Gasteiger charge is -2.16. The zero-order valence-electron chi connectivity index (χ0n) is 14.9. The zero-order valence-corrected chi connectivity index (χ0v) is 14.9. The third kappa shape index (κ3) is 2.94. The highest BCUT2D eigenvalue weighted by molar-refractivity contribution is 5.85. The molecule has 1 saturated heterocycles. The van der Waals surface area contributed by atoms with Gasteiger partial charge in [0.15, 0.2) is 23.2 Å². The van der Waals surface area contributed by atoms with Crippen molar-refractivity contribution in [3.05, 3.63) is 42.0 Å². The molecule has 3 aromatic rings. The Hall–Kier alpha value is -2.59. The SMILES string of the molecule is Cc1cccc(Nc2ncnc3c2ncn3C2O[C@H](CO)[C@@H](O)[C@H]2O)c1C. The molecule has 0 radical (unpaired) electrons. The lowest BCUT2D eigenvalue weighted by molar-refractivity contribution is -0.0511. The van der Waals surface area contributed by atoms with E-state index in [9.17, 15) is 15.3 Å². The van der Waals surface area contributed by atoms with Crippen LogP contribution in [0.25, 0.3) is 11.2 Å². The summed E-state index contributed by atoms with van der Waals surface area (Å²) in [5.41, 5.74) is 4.13. The Bertz CT molecular complexity index is 976. The largest absolute Gasteiger partial charge is 0.394 e. The van der Waals surface area contributed by atoms with Gasteiger partial charge in [-0.1, -0.05) is 12.1 Å². The van der Waals surface area contributed by atoms with E-state index in [0.717, 1.165) is 16.8 Å². The minimum absolute atomic E-state index is 0.393. The monoisotopic (exact) mass is 371 g/mol. The molecule has 9 heteroatoms. The molecule has 0 aliphatic carbocycles. The predicted molar refractivity (Wildman–Crippen MR) is 97.5 cm³/mol. The molecule has 9 nitrogen and oxygen atoms in total. The van der Waals surface area contributed by atoms with Crippen LogP contribution in [0.4, 0.5) is 11.5 Å². The number of anilines is 2. The van der Waals surface area contributed by atoms with Crippen molar-refractivity contribution in [3.8, 4) is 0 Å². The maximum Gasteiger partial charge on any atom is 0.167 e. The summed E-state index contributed by atoms with van der Waals surface area (Å²) in [6, 6.07) is 5.95. The van der Waals surface area contributed by atoms with Gasteiger partial charge in [-0.15, -0.1) is 0 Å². The van der Waals surface area contributed by atoms with Crippen LogP contribution in [0.2, 0.25) is 0 Å². The van der Waals surface area contributed by atoms with Crippen LogP contribution >= 0.6 is 0 Å². The molecule has 1 aliphatic heterocycles. The maximum absolute atomic E-state index is 10.3. The summed E-state index contributed by atoms with van der Waals surface area (Å²) in [6.07, 6.45) is -1.28. The summed E-state index contributed by atoms with van der Waals surface area (Å²) in [6.45, 7) is 3.66. The van der Waals surface area contributed by atoms with Gasteiger partial charge in [0.1, 0.15) is 24.6 Å². The van der Waals surface area contributed by atoms with Crippen LogP contribution in [0.3, 0.4) is 0 Å². The molecule has 4 atom stereocenters. The van der Waals surface area contributed by atoms with E-state index in [0.29, 0.717) is 17.0 Å². The molecular formula is C18H21N5O4. The molecule has 4 N–H and O–H groups in total. The second-order valence-corrected chi connectivity index (χ2v) is 6.65. The Labute approximate surface area is 155 Å². The normalized spacial score (nSPS) is 25.2. The predicted octanol–water partition coefficient (Wildman–Crippen LogP) is 0.798. The number of ether oxygens (including phenoxy) is 1. The van der Waals surface area contributed by atoms with Crippen molar-refractivity contribution in [2.75, 3.05) is 11.9 Å². The van der Waals surface area contributed by atoms with Crippen molar-refractivity contribution in [1.82, 2.24) is 19.5 Å². The van der Waals surface area contributed by atoms with Crippen molar-refractivity contribution < 1.29 is 20.1 Å². The fraction of sp³-hybridized carbons (Fsp3) is 0.389. The number of rotatable bonds is 4. The highest BCUT2D eigenvalue weighted by atomic mass is 16.6. The van der Waals surface area contributed by atoms with E-state index in [-0.39, 0.29) is 0 Å². The van der Waals surface area contributed by atoms with Gasteiger partial charge in [0.05, 0.1) is 12.9 Å². The van der Waals surface area contributed by atoms with E-state index in [2.05, 4.69) is 20.3 Å². The average molecular weight is 371 g/mol. The number of aromatic nitrogens is 4. The van der Waals surface area contributed by atoms with Gasteiger partial charge in [0, 0.05) is 5.69 Å². The summed E-state index contributed by atoms with van der Waals surface area (Å²) < 4.78 is 7.11. The molecule has 142 valence electrons. The average Bonchev–Trinajstić information content (AvgIpc) is 3.21. The molecule has 2 aromatic heterocycles. The topological polar surface area (TPSA) is 126 Å². The number of nitrogens with one attached hydrogen (secondary N) is 1. The molecule has 0 spiro atoms. The number of imidazole rings is 1. The summed E-state index contributed by atoms with van der Waals surface area (Å²) in [7, 11) is 0. The van der Waals surface area contributed by atoms with E-state index >= 15 is 0 Å². The van der Waals surface area contributed by atoms with Gasteiger partial charge in [-0.2, -0.15) is 0 Å². The second-order valence-electron chi connectivity index (χ2n) is 6.65. The summed E-state index contributed by atoms with van der Waals surface area (Å²) in [5.74, 6) is 0.527. The number of aryl methyl sites for hydroxylation is 1. The second kappa shape index (κ2) is 6.86. The molecule has 1 aromatic carbocycles. The minimum Gasteiger partial charge on any atom is -0.394 e. The summed E-state index contributed by atoms with van der Waals surface area (Å²) in [4.78, 5) is 12.9. The van der Waals surface area contributed by atoms with E-state index in [1.165, 1.54) is 17.2 Å². The highest BCUT2D eigenvalue weighted by Gasteiger charge is 2.44. The van der Waals surface area contributed by atoms with Crippen LogP contribution in [-0.4, -0.2) is 59.8 Å². The van der Waals surface area contributed by atoms with Crippen molar-refractivity contribution in [1.29, 1.82) is 0 Å². The molecule has 0 saturated carbocycles. The molecule has 0 amide bonds. The quantitative estimate of drug-likeness (QED) is 0.531. The van der Waals surface area contributed by atoms with Crippen LogP contribution in [0.15, 0.2) is 30.9 Å². The third-order valence-electron chi connectivity index (χ3n) is 5.01. The maximum atomic E-state index is 10.3. The minimum atomic E-state index is -1.20. The Balaban J connectivity index is 1.71. The third-order valence-corrected chi connectivity index (χ3v) is 5.01. The van der Waals surface area contributed by atoms with Crippen LogP contribution in [-0.2, 0) is 4.74 Å². The van der Waals surface area contributed by atoms with Crippen LogP contribution in [0.5, 0.6) is 0 Å². The van der Waals surface area contributed by atoms with Gasteiger partial charge in [0.2, 0.25) is 0 Å². The number of fused-ring (bicyclic) bond motifs is 1. The van der Waals surface area contributed by atoms with Gasteiger partial charge in [-0.25, -0.2) is 15.0 Å². The Morgan fingerprint density at radius 1 is 1.15 bits per heavy atom. The smallest absolute Gasteiger partial charge is 0.167 e. The first kappa shape index (κ1) is 17.8. The Kier molecular flexibility index (Phi) is 4.52. The van der Waals surface area contributed by atoms with E-state index < -0.39 is 31.1 Å². The van der Waals surface area contributed by atoms with Crippen molar-refractivity contribution in [2.24, 2.45) is 0 Å². The van der Waals surface area contributed by atoms with Gasteiger partial charge in [-0.05, 0) is 31.0 Å². The van der Waals surface area contributed by atoms with E-state index in [1.807, 2.05) is 32.0 Å². The van der Waals surface area contributed by atoms with Crippen molar-refractivity contribution in [2.45, 2.75) is 38.4 Å². The van der Waals surface area contributed by atoms with Crippen LogP contribution in [0.1, 0.15) is 17.4 Å². The molecule has 1 aliphatic rings. The summed E-state index contributed by atoms with van der Waals surface area (Å²) >= 11 is 0. The van der Waals surface area contributed by atoms with Crippen LogP contribution < -0.4 is 5.32 Å². The van der Waals surface area contributed by atoms with Crippen LogP contribution in [0, 0.1) is 13.8 Å². The van der Waals surface area contributed by atoms with E-state index in [4.69, 9.17) is 4.74 Å². The fourth-order valence-corrected chi connectivity index (χ4v) is 3.25. The Morgan fingerprint density at radius 2 is 1.96 bits per heavy atom. The number of hydrogen-bond acceptors (Lipinski definition) is 8. The molecular weight excluding hydrogens is 350 g/mol. The molecule has 3 heterocycles. The Morgan fingerprint density at radius 3 is 2.70 bits per heavy atom. The number of aliphatic hydroxyl groups is 3. The molecule has 27 heavy (non-hydrogen) atoms. The van der Waals surface area contributed by atoms with Gasteiger partial charge < -0.3 is 25.4 Å². The number of nitrogens with zero attached hydrogens (tertiary/aromatic N) is 4. The molecule has 4 rings (SSSR count). The van der Waals surface area contributed by atoms with Gasteiger partial charge in [-0.3, -0.25) is 4.57 Å².